The average Bonchev–Trinajstić information content (AvgIpc) is 2.42. The predicted octanol–water partition coefficient (Wildman–Crippen LogP) is 4.96. The topological polar surface area (TPSA) is 0 Å². The number of fused-ring (bicyclic) bond motifs is 1. The Hall–Kier alpha value is -0.287. The van der Waals surface area contributed by atoms with Gasteiger partial charge in [-0.15, -0.1) is 40.6 Å². The largest absolute Gasteiger partial charge is 3.00 e. The molecule has 0 aliphatic carbocycles. The Bertz CT molecular complexity index is 438. The van der Waals surface area contributed by atoms with Gasteiger partial charge in [-0.25, -0.2) is 0 Å². The number of aryl methyl sites for hydroxylation is 1. The molecule has 0 saturated carbocycles. The van der Waals surface area contributed by atoms with Gasteiger partial charge in [0.2, 0.25) is 0 Å². The predicted molar refractivity (Wildman–Crippen MR) is 75.6 cm³/mol. The first-order valence-electron chi connectivity index (χ1n) is 5.31. The fraction of sp³-hybridized carbons (Fsp3) is 0.312. The molecule has 0 unspecified atom stereocenters. The summed E-state index contributed by atoms with van der Waals surface area (Å²) in [5.41, 5.74) is 2.82. The molecule has 2 aromatic carbocycles. The first-order chi connectivity index (χ1) is 6.65. The van der Waals surface area contributed by atoms with Gasteiger partial charge in [0.15, 0.2) is 0 Å². The van der Waals surface area contributed by atoms with Crippen LogP contribution >= 0.6 is 0 Å². The third-order valence-corrected chi connectivity index (χ3v) is 2.56. The molecular formula is C16H23Zr. The van der Waals surface area contributed by atoms with Gasteiger partial charge in [-0.3, -0.25) is 0 Å². The molecule has 0 bridgehead atoms. The monoisotopic (exact) mass is 305 g/mol. The van der Waals surface area contributed by atoms with Gasteiger partial charge in [0.1, 0.15) is 0 Å². The summed E-state index contributed by atoms with van der Waals surface area (Å²) in [5.74, 6) is 0.739. The van der Waals surface area contributed by atoms with Crippen molar-refractivity contribution in [1.29, 1.82) is 0 Å². The molecule has 2 rings (SSSR count). The molecular weight excluding hydrogens is 283 g/mol. The number of benzene rings is 1. The van der Waals surface area contributed by atoms with Crippen molar-refractivity contribution in [2.45, 2.75) is 27.2 Å². The van der Waals surface area contributed by atoms with Gasteiger partial charge in [-0.05, 0) is 12.3 Å². The van der Waals surface area contributed by atoms with E-state index in [4.69, 9.17) is 0 Å². The van der Waals surface area contributed by atoms with Crippen molar-refractivity contribution in [1.82, 2.24) is 0 Å². The van der Waals surface area contributed by atoms with E-state index in [9.17, 15) is 0 Å². The molecule has 1 radical (unpaired) electrons. The molecule has 91 valence electrons. The van der Waals surface area contributed by atoms with Crippen molar-refractivity contribution < 1.29 is 26.2 Å². The van der Waals surface area contributed by atoms with Crippen LogP contribution in [-0.2, 0) is 32.6 Å². The van der Waals surface area contributed by atoms with Crippen LogP contribution in [0, 0.1) is 27.7 Å². The zero-order chi connectivity index (χ0) is 10.1. The molecule has 0 nitrogen and oxygen atoms in total. The average molecular weight is 307 g/mol. The second kappa shape index (κ2) is 7.93. The molecule has 2 aromatic rings. The Morgan fingerprint density at radius 3 is 2.35 bits per heavy atom. The maximum absolute atomic E-state index is 2.32. The molecule has 0 N–H and O–H groups in total. The van der Waals surface area contributed by atoms with Crippen LogP contribution < -0.4 is 0 Å². The molecule has 0 atom stereocenters. The van der Waals surface area contributed by atoms with Gasteiger partial charge >= 0.3 is 26.2 Å². The van der Waals surface area contributed by atoms with Crippen LogP contribution in [0.15, 0.2) is 30.3 Å². The van der Waals surface area contributed by atoms with Crippen LogP contribution in [0.4, 0.5) is 0 Å². The van der Waals surface area contributed by atoms with Crippen molar-refractivity contribution >= 4 is 10.8 Å². The van der Waals surface area contributed by atoms with E-state index < -0.39 is 0 Å². The van der Waals surface area contributed by atoms with Gasteiger partial charge in [-0.2, -0.15) is 6.07 Å². The zero-order valence-electron chi connectivity index (χ0n) is 11.7. The van der Waals surface area contributed by atoms with Gasteiger partial charge in [0.25, 0.3) is 0 Å². The Labute approximate surface area is 126 Å². The first-order valence-corrected chi connectivity index (χ1v) is 5.31. The minimum Gasteiger partial charge on any atom is -0.358 e. The fourth-order valence-corrected chi connectivity index (χ4v) is 2.01. The summed E-state index contributed by atoms with van der Waals surface area (Å²) >= 11 is 0. The zero-order valence-corrected chi connectivity index (χ0v) is 14.1. The summed E-state index contributed by atoms with van der Waals surface area (Å²) in [7, 11) is 0. The second-order valence-electron chi connectivity index (χ2n) is 4.59. The molecule has 17 heavy (non-hydrogen) atoms. The summed E-state index contributed by atoms with van der Waals surface area (Å²) in [6.45, 7) is 6.68. The molecule has 1 heteroatoms. The summed E-state index contributed by atoms with van der Waals surface area (Å²) in [6, 6.07) is 11.3. The van der Waals surface area contributed by atoms with Crippen LogP contribution in [0.2, 0.25) is 0 Å². The van der Waals surface area contributed by atoms with Crippen molar-refractivity contribution in [2.75, 3.05) is 0 Å². The van der Waals surface area contributed by atoms with Gasteiger partial charge in [0, 0.05) is 0 Å². The summed E-state index contributed by atoms with van der Waals surface area (Å²) in [6.07, 6.45) is 1.18. The van der Waals surface area contributed by atoms with Crippen molar-refractivity contribution in [3.8, 4) is 0 Å². The summed E-state index contributed by atoms with van der Waals surface area (Å²) < 4.78 is 0. The SMILES string of the molecule is Cc1cc2cc(CC(C)C)ccc2[cH-]1.[CH3-].[CH3-].[Zr+3]. The number of rotatable bonds is 2. The van der Waals surface area contributed by atoms with Gasteiger partial charge < -0.3 is 14.9 Å². The number of hydrogen-bond donors (Lipinski definition) is 0. The standard InChI is InChI=1S/C14H17.2CH3.Zr/c1-10(2)6-12-4-5-13-7-11(3)8-14(13)9-12;;;/h4-5,7-10H,6H2,1-3H3;2*1H3;/q3*-1;+3. The summed E-state index contributed by atoms with van der Waals surface area (Å²) in [5, 5.41) is 2.76. The maximum Gasteiger partial charge on any atom is 3.00 e. The van der Waals surface area contributed by atoms with Crippen LogP contribution in [0.3, 0.4) is 0 Å². The van der Waals surface area contributed by atoms with E-state index in [1.807, 2.05) is 0 Å². The van der Waals surface area contributed by atoms with E-state index in [1.165, 1.54) is 28.3 Å². The Balaban J connectivity index is 0. The third kappa shape index (κ3) is 4.84. The Morgan fingerprint density at radius 1 is 1.12 bits per heavy atom. The van der Waals surface area contributed by atoms with E-state index >= 15 is 0 Å². The molecule has 0 aliphatic rings. The van der Waals surface area contributed by atoms with E-state index in [1.54, 1.807) is 0 Å². The third-order valence-electron chi connectivity index (χ3n) is 2.56. The maximum atomic E-state index is 2.32. The minimum atomic E-state index is 0. The Morgan fingerprint density at radius 2 is 1.76 bits per heavy atom. The molecule has 0 fully saturated rings. The van der Waals surface area contributed by atoms with E-state index in [0.29, 0.717) is 0 Å². The molecule has 0 amide bonds. The molecule has 0 heterocycles. The van der Waals surface area contributed by atoms with Gasteiger partial charge in [-0.1, -0.05) is 26.3 Å². The summed E-state index contributed by atoms with van der Waals surface area (Å²) in [4.78, 5) is 0. The Kier molecular flexibility index (Phi) is 8.89. The van der Waals surface area contributed by atoms with Gasteiger partial charge in [0.05, 0.1) is 0 Å². The molecule has 0 spiro atoms. The normalized spacial score (nSPS) is 9.41. The second-order valence-corrected chi connectivity index (χ2v) is 4.59. The van der Waals surface area contributed by atoms with Crippen LogP contribution in [0.1, 0.15) is 25.0 Å². The van der Waals surface area contributed by atoms with Crippen LogP contribution in [0.5, 0.6) is 0 Å². The van der Waals surface area contributed by atoms with Crippen molar-refractivity contribution in [2.24, 2.45) is 5.92 Å². The van der Waals surface area contributed by atoms with E-state index in [-0.39, 0.29) is 41.1 Å². The fourth-order valence-electron chi connectivity index (χ4n) is 2.01. The molecule has 0 aliphatic heterocycles. The minimum absolute atomic E-state index is 0. The first kappa shape index (κ1) is 19.1. The van der Waals surface area contributed by atoms with E-state index in [0.717, 1.165) is 5.92 Å². The smallest absolute Gasteiger partial charge is 0.358 e. The van der Waals surface area contributed by atoms with E-state index in [2.05, 4.69) is 51.1 Å². The van der Waals surface area contributed by atoms with Crippen molar-refractivity contribution in [3.05, 3.63) is 56.3 Å². The quantitative estimate of drug-likeness (QED) is 0.688. The molecule has 0 saturated heterocycles. The van der Waals surface area contributed by atoms with Crippen LogP contribution in [-0.4, -0.2) is 0 Å². The van der Waals surface area contributed by atoms with Crippen LogP contribution in [0.25, 0.3) is 10.8 Å². The molecule has 0 aromatic heterocycles. The number of hydrogen-bond acceptors (Lipinski definition) is 0. The van der Waals surface area contributed by atoms with Crippen molar-refractivity contribution in [3.63, 3.8) is 0 Å².